The van der Waals surface area contributed by atoms with Crippen LogP contribution in [0.25, 0.3) is 78.7 Å². The first-order valence-electron chi connectivity index (χ1n) is 20.6. The molecule has 0 bridgehead atoms. The van der Waals surface area contributed by atoms with E-state index in [1.165, 1.54) is 38.9 Å². The molecule has 4 heteroatoms. The molecular formula is C57H38N4. The highest BCUT2D eigenvalue weighted by atomic mass is 15.0. The predicted octanol–water partition coefficient (Wildman–Crippen LogP) is 13.6. The molecular weight excluding hydrogens is 741 g/mol. The molecule has 2 aromatic heterocycles. The third kappa shape index (κ3) is 6.33. The average molecular weight is 779 g/mol. The first kappa shape index (κ1) is 36.0. The number of rotatable bonds is 8. The standard InChI is InChI=1S/C57H38N4/c1-4-15-41(16-5-1)54-59-55(42-31-29-39(30-32-42)40-33-35-58-36-34-40)61-56(60-54)46-20-13-18-44(38-46)43-17-12-19-45(37-43)49-26-14-28-52-53(49)50-25-10-11-27-51(50)57(52,47-21-6-2-7-22-47)48-23-8-3-9-24-48/h1-38H. The van der Waals surface area contributed by atoms with E-state index in [0.29, 0.717) is 17.5 Å². The third-order valence-electron chi connectivity index (χ3n) is 11.9. The van der Waals surface area contributed by atoms with Crippen LogP contribution in [-0.2, 0) is 5.41 Å². The summed E-state index contributed by atoms with van der Waals surface area (Å²) >= 11 is 0. The van der Waals surface area contributed by atoms with Crippen molar-refractivity contribution in [2.45, 2.75) is 5.41 Å². The summed E-state index contributed by atoms with van der Waals surface area (Å²) in [7, 11) is 0. The molecule has 0 saturated carbocycles. The van der Waals surface area contributed by atoms with Crippen LogP contribution < -0.4 is 0 Å². The summed E-state index contributed by atoms with van der Waals surface area (Å²) in [5.74, 6) is 1.88. The maximum absolute atomic E-state index is 5.09. The lowest BCUT2D eigenvalue weighted by molar-refractivity contribution is 0.768. The lowest BCUT2D eigenvalue weighted by atomic mass is 9.67. The lowest BCUT2D eigenvalue weighted by Crippen LogP contribution is -2.28. The van der Waals surface area contributed by atoms with Gasteiger partial charge in [0.2, 0.25) is 0 Å². The molecule has 0 atom stereocenters. The van der Waals surface area contributed by atoms with Gasteiger partial charge in [-0.3, -0.25) is 4.98 Å². The fourth-order valence-electron chi connectivity index (χ4n) is 9.14. The first-order valence-corrected chi connectivity index (χ1v) is 20.6. The van der Waals surface area contributed by atoms with Crippen molar-refractivity contribution in [1.82, 2.24) is 19.9 Å². The highest BCUT2D eigenvalue weighted by Gasteiger charge is 2.46. The van der Waals surface area contributed by atoms with E-state index in [1.54, 1.807) is 0 Å². The molecule has 0 saturated heterocycles. The van der Waals surface area contributed by atoms with Crippen LogP contribution >= 0.6 is 0 Å². The number of nitrogens with zero attached hydrogens (tertiary/aromatic N) is 4. The molecule has 61 heavy (non-hydrogen) atoms. The normalized spacial score (nSPS) is 12.4. The molecule has 8 aromatic carbocycles. The number of aromatic nitrogens is 4. The smallest absolute Gasteiger partial charge is 0.164 e. The molecule has 11 rings (SSSR count). The van der Waals surface area contributed by atoms with Gasteiger partial charge in [0.1, 0.15) is 0 Å². The molecule has 0 unspecified atom stereocenters. The van der Waals surface area contributed by atoms with Crippen LogP contribution in [0.1, 0.15) is 22.3 Å². The molecule has 10 aromatic rings. The maximum atomic E-state index is 5.09. The van der Waals surface area contributed by atoms with E-state index in [9.17, 15) is 0 Å². The van der Waals surface area contributed by atoms with Crippen molar-refractivity contribution in [3.05, 3.63) is 253 Å². The van der Waals surface area contributed by atoms with Crippen molar-refractivity contribution < 1.29 is 0 Å². The molecule has 4 nitrogen and oxygen atoms in total. The molecule has 286 valence electrons. The summed E-state index contributed by atoms with van der Waals surface area (Å²) in [5, 5.41) is 0. The van der Waals surface area contributed by atoms with Crippen LogP contribution in [0.3, 0.4) is 0 Å². The highest BCUT2D eigenvalue weighted by Crippen LogP contribution is 2.58. The molecule has 1 aliphatic rings. The molecule has 2 heterocycles. The maximum Gasteiger partial charge on any atom is 0.164 e. The van der Waals surface area contributed by atoms with Gasteiger partial charge in [0, 0.05) is 29.1 Å². The van der Waals surface area contributed by atoms with E-state index in [4.69, 9.17) is 15.0 Å². The van der Waals surface area contributed by atoms with Crippen LogP contribution in [0.4, 0.5) is 0 Å². The van der Waals surface area contributed by atoms with Gasteiger partial charge < -0.3 is 0 Å². The van der Waals surface area contributed by atoms with Crippen LogP contribution in [0.15, 0.2) is 231 Å². The molecule has 0 spiro atoms. The van der Waals surface area contributed by atoms with Gasteiger partial charge in [-0.25, -0.2) is 15.0 Å². The van der Waals surface area contributed by atoms with Gasteiger partial charge in [0.05, 0.1) is 5.41 Å². The Hall–Kier alpha value is -8.08. The fourth-order valence-corrected chi connectivity index (χ4v) is 9.14. The lowest BCUT2D eigenvalue weighted by Gasteiger charge is -2.34. The Morgan fingerprint density at radius 2 is 0.705 bits per heavy atom. The Kier molecular flexibility index (Phi) is 9.02. The zero-order valence-electron chi connectivity index (χ0n) is 33.2. The number of pyridine rings is 1. The van der Waals surface area contributed by atoms with Crippen LogP contribution in [0, 0.1) is 0 Å². The summed E-state index contributed by atoms with van der Waals surface area (Å²) in [6, 6.07) is 77.7. The SMILES string of the molecule is c1ccc(-c2nc(-c3ccc(-c4ccncc4)cc3)nc(-c3cccc(-c4cccc(-c5cccc6c5-c5ccccc5C6(c5ccccc5)c5ccccc5)c4)c3)n2)cc1. The summed E-state index contributed by atoms with van der Waals surface area (Å²) in [6.07, 6.45) is 3.62. The second-order valence-electron chi connectivity index (χ2n) is 15.4. The van der Waals surface area contributed by atoms with E-state index in [1.807, 2.05) is 54.9 Å². The fraction of sp³-hybridized carbons (Fsp3) is 0.0175. The Labute approximate surface area is 355 Å². The first-order chi connectivity index (χ1) is 30.2. The van der Waals surface area contributed by atoms with E-state index in [0.717, 1.165) is 44.5 Å². The highest BCUT2D eigenvalue weighted by molar-refractivity contribution is 5.96. The van der Waals surface area contributed by atoms with Gasteiger partial charge in [-0.05, 0) is 91.0 Å². The third-order valence-corrected chi connectivity index (χ3v) is 11.9. The average Bonchev–Trinajstić information content (AvgIpc) is 3.66. The van der Waals surface area contributed by atoms with Crippen molar-refractivity contribution in [3.63, 3.8) is 0 Å². The zero-order valence-corrected chi connectivity index (χ0v) is 33.2. The van der Waals surface area contributed by atoms with Crippen molar-refractivity contribution in [2.24, 2.45) is 0 Å². The molecule has 0 fully saturated rings. The summed E-state index contributed by atoms with van der Waals surface area (Å²) in [4.78, 5) is 19.3. The van der Waals surface area contributed by atoms with Crippen molar-refractivity contribution >= 4 is 0 Å². The Balaban J connectivity index is 1.01. The predicted molar refractivity (Wildman–Crippen MR) is 248 cm³/mol. The number of hydrogen-bond acceptors (Lipinski definition) is 4. The van der Waals surface area contributed by atoms with Gasteiger partial charge in [-0.1, -0.05) is 194 Å². The van der Waals surface area contributed by atoms with Crippen LogP contribution in [0.2, 0.25) is 0 Å². The number of fused-ring (bicyclic) bond motifs is 3. The number of benzene rings is 8. The monoisotopic (exact) mass is 778 g/mol. The summed E-state index contributed by atoms with van der Waals surface area (Å²) < 4.78 is 0. The van der Waals surface area contributed by atoms with E-state index in [-0.39, 0.29) is 0 Å². The quantitative estimate of drug-likeness (QED) is 0.154. The van der Waals surface area contributed by atoms with Crippen LogP contribution in [-0.4, -0.2) is 19.9 Å². The topological polar surface area (TPSA) is 51.6 Å². The second kappa shape index (κ2) is 15.3. The van der Waals surface area contributed by atoms with Crippen molar-refractivity contribution in [1.29, 1.82) is 0 Å². The van der Waals surface area contributed by atoms with Gasteiger partial charge in [-0.2, -0.15) is 0 Å². The Morgan fingerprint density at radius 3 is 1.36 bits per heavy atom. The Bertz CT molecular complexity index is 3130. The minimum atomic E-state index is -0.458. The summed E-state index contributed by atoms with van der Waals surface area (Å²) in [6.45, 7) is 0. The zero-order chi connectivity index (χ0) is 40.6. The second-order valence-corrected chi connectivity index (χ2v) is 15.4. The minimum absolute atomic E-state index is 0.458. The van der Waals surface area contributed by atoms with Crippen LogP contribution in [0.5, 0.6) is 0 Å². The molecule has 0 radical (unpaired) electrons. The number of hydrogen-bond donors (Lipinski definition) is 0. The van der Waals surface area contributed by atoms with Gasteiger partial charge in [0.25, 0.3) is 0 Å². The van der Waals surface area contributed by atoms with E-state index in [2.05, 4.69) is 181 Å². The largest absolute Gasteiger partial charge is 0.265 e. The van der Waals surface area contributed by atoms with E-state index < -0.39 is 5.41 Å². The molecule has 0 aliphatic heterocycles. The molecule has 0 amide bonds. The van der Waals surface area contributed by atoms with Gasteiger partial charge >= 0.3 is 0 Å². The van der Waals surface area contributed by atoms with Gasteiger partial charge in [-0.15, -0.1) is 0 Å². The Morgan fingerprint density at radius 1 is 0.279 bits per heavy atom. The van der Waals surface area contributed by atoms with Crippen molar-refractivity contribution in [3.8, 4) is 78.7 Å². The van der Waals surface area contributed by atoms with Crippen molar-refractivity contribution in [2.75, 3.05) is 0 Å². The minimum Gasteiger partial charge on any atom is -0.265 e. The molecule has 1 aliphatic carbocycles. The van der Waals surface area contributed by atoms with Gasteiger partial charge in [0.15, 0.2) is 17.5 Å². The summed E-state index contributed by atoms with van der Waals surface area (Å²) in [5.41, 5.74) is 16.8. The molecule has 0 N–H and O–H groups in total. The van der Waals surface area contributed by atoms with E-state index >= 15 is 0 Å².